The van der Waals surface area contributed by atoms with Crippen LogP contribution >= 0.6 is 0 Å². The topological polar surface area (TPSA) is 113 Å². The fourth-order valence-corrected chi connectivity index (χ4v) is 2.98. The zero-order valence-corrected chi connectivity index (χ0v) is 16.1. The summed E-state index contributed by atoms with van der Waals surface area (Å²) in [6.45, 7) is 6.85. The van der Waals surface area contributed by atoms with E-state index in [4.69, 9.17) is 4.74 Å². The van der Waals surface area contributed by atoms with Gasteiger partial charge in [-0.2, -0.15) is 5.10 Å². The smallest absolute Gasteiger partial charge is 0.339 e. The Bertz CT molecular complexity index is 964. The molecule has 0 aliphatic rings. The van der Waals surface area contributed by atoms with Crippen molar-refractivity contribution >= 4 is 11.9 Å². The van der Waals surface area contributed by atoms with Crippen LogP contribution in [0.25, 0.3) is 11.3 Å². The first-order valence-corrected chi connectivity index (χ1v) is 9.07. The van der Waals surface area contributed by atoms with Crippen molar-refractivity contribution in [1.29, 1.82) is 0 Å². The van der Waals surface area contributed by atoms with Gasteiger partial charge in [0.2, 0.25) is 5.95 Å². The van der Waals surface area contributed by atoms with Gasteiger partial charge in [-0.05, 0) is 57.0 Å². The second-order valence-electron chi connectivity index (χ2n) is 6.30. The monoisotopic (exact) mass is 381 g/mol. The number of nitrogens with one attached hydrogen (secondary N) is 2. The average Bonchev–Trinajstić information content (AvgIpc) is 3.00. The lowest BCUT2D eigenvalue weighted by molar-refractivity contribution is 0.0692. The first kappa shape index (κ1) is 19.3. The third kappa shape index (κ3) is 4.28. The van der Waals surface area contributed by atoms with Crippen molar-refractivity contribution in [3.63, 3.8) is 0 Å². The molecule has 0 aliphatic carbocycles. The van der Waals surface area contributed by atoms with E-state index in [2.05, 4.69) is 25.5 Å². The first-order chi connectivity index (χ1) is 13.5. The Hall–Kier alpha value is -3.42. The molecule has 2 heterocycles. The number of benzene rings is 1. The van der Waals surface area contributed by atoms with E-state index in [1.54, 1.807) is 30.5 Å². The number of H-pyrrole nitrogens is 1. The summed E-state index contributed by atoms with van der Waals surface area (Å²) < 4.78 is 5.39. The van der Waals surface area contributed by atoms with Crippen LogP contribution in [0.1, 0.15) is 34.2 Å². The maximum atomic E-state index is 11.5. The Kier molecular flexibility index (Phi) is 5.88. The number of rotatable bonds is 8. The number of ether oxygens (including phenoxy) is 1. The Morgan fingerprint density at radius 3 is 2.79 bits per heavy atom. The van der Waals surface area contributed by atoms with Crippen molar-refractivity contribution < 1.29 is 14.6 Å². The molecule has 28 heavy (non-hydrogen) atoms. The van der Waals surface area contributed by atoms with Gasteiger partial charge in [0.15, 0.2) is 0 Å². The molecule has 0 spiro atoms. The van der Waals surface area contributed by atoms with Crippen molar-refractivity contribution in [2.75, 3.05) is 18.5 Å². The molecule has 3 aromatic rings. The fraction of sp³-hybridized carbons (Fsp3) is 0.300. The summed E-state index contributed by atoms with van der Waals surface area (Å²) in [5, 5.41) is 19.8. The van der Waals surface area contributed by atoms with Gasteiger partial charge >= 0.3 is 5.97 Å². The van der Waals surface area contributed by atoms with Crippen molar-refractivity contribution in [3.8, 4) is 17.0 Å². The number of hydrogen-bond acceptors (Lipinski definition) is 6. The predicted octanol–water partition coefficient (Wildman–Crippen LogP) is 3.24. The molecule has 0 unspecified atom stereocenters. The lowest BCUT2D eigenvalue weighted by atomic mass is 10.1. The zero-order valence-electron chi connectivity index (χ0n) is 16.1. The van der Waals surface area contributed by atoms with E-state index in [0.29, 0.717) is 36.1 Å². The summed E-state index contributed by atoms with van der Waals surface area (Å²) in [7, 11) is 0. The van der Waals surface area contributed by atoms with Crippen LogP contribution in [0.4, 0.5) is 5.95 Å². The molecule has 1 aromatic carbocycles. The number of aromatic amines is 1. The fourth-order valence-electron chi connectivity index (χ4n) is 2.98. The standard InChI is InChI=1S/C20H23N5O3/c1-4-28-18-6-5-14(11-16(18)19(26)27)17-8-10-22-20(23-17)21-9-7-15-12(2)24-25-13(15)3/h5-6,8,10-11H,4,7,9H2,1-3H3,(H,24,25)(H,26,27)(H,21,22,23). The van der Waals surface area contributed by atoms with Crippen LogP contribution in [-0.2, 0) is 6.42 Å². The second kappa shape index (κ2) is 8.51. The lowest BCUT2D eigenvalue weighted by Crippen LogP contribution is -2.09. The van der Waals surface area contributed by atoms with Gasteiger partial charge in [0.25, 0.3) is 0 Å². The highest BCUT2D eigenvalue weighted by Crippen LogP contribution is 2.26. The molecular formula is C20H23N5O3. The van der Waals surface area contributed by atoms with E-state index in [9.17, 15) is 9.90 Å². The van der Waals surface area contributed by atoms with Crippen LogP contribution in [0.2, 0.25) is 0 Å². The van der Waals surface area contributed by atoms with E-state index in [1.165, 1.54) is 5.56 Å². The summed E-state index contributed by atoms with van der Waals surface area (Å²) >= 11 is 0. The van der Waals surface area contributed by atoms with Gasteiger partial charge < -0.3 is 15.2 Å². The molecule has 0 aliphatic heterocycles. The highest BCUT2D eigenvalue weighted by molar-refractivity contribution is 5.92. The van der Waals surface area contributed by atoms with Gasteiger partial charge in [-0.3, -0.25) is 5.10 Å². The maximum Gasteiger partial charge on any atom is 0.339 e. The van der Waals surface area contributed by atoms with Crippen LogP contribution in [0.15, 0.2) is 30.5 Å². The number of carboxylic acids is 1. The zero-order chi connectivity index (χ0) is 20.1. The third-order valence-electron chi connectivity index (χ3n) is 4.40. The highest BCUT2D eigenvalue weighted by atomic mass is 16.5. The normalized spacial score (nSPS) is 10.7. The van der Waals surface area contributed by atoms with Crippen LogP contribution in [0.5, 0.6) is 5.75 Å². The lowest BCUT2D eigenvalue weighted by Gasteiger charge is -2.10. The minimum Gasteiger partial charge on any atom is -0.493 e. The highest BCUT2D eigenvalue weighted by Gasteiger charge is 2.14. The molecule has 8 heteroatoms. The molecule has 0 atom stereocenters. The Balaban J connectivity index is 1.76. The molecule has 146 valence electrons. The quantitative estimate of drug-likeness (QED) is 0.549. The van der Waals surface area contributed by atoms with Gasteiger partial charge in [0.05, 0.1) is 18.0 Å². The first-order valence-electron chi connectivity index (χ1n) is 9.07. The Labute approximate surface area is 163 Å². The largest absolute Gasteiger partial charge is 0.493 e. The second-order valence-corrected chi connectivity index (χ2v) is 6.30. The van der Waals surface area contributed by atoms with E-state index in [1.807, 2.05) is 20.8 Å². The Morgan fingerprint density at radius 1 is 1.29 bits per heavy atom. The number of aryl methyl sites for hydroxylation is 2. The SMILES string of the molecule is CCOc1ccc(-c2ccnc(NCCc3c(C)n[nH]c3C)n2)cc1C(=O)O. The number of carboxylic acid groups (broad SMARTS) is 1. The summed E-state index contributed by atoms with van der Waals surface area (Å²) in [6, 6.07) is 6.76. The molecule has 3 N–H and O–H groups in total. The number of carbonyl (C=O) groups is 1. The predicted molar refractivity (Wildman–Crippen MR) is 106 cm³/mol. The van der Waals surface area contributed by atoms with Crippen LogP contribution < -0.4 is 10.1 Å². The van der Waals surface area contributed by atoms with Crippen molar-refractivity contribution in [3.05, 3.63) is 53.0 Å². The van der Waals surface area contributed by atoms with Crippen LogP contribution in [-0.4, -0.2) is 44.4 Å². The maximum absolute atomic E-state index is 11.5. The molecule has 0 bridgehead atoms. The number of aromatic nitrogens is 4. The summed E-state index contributed by atoms with van der Waals surface area (Å²) in [6.07, 6.45) is 2.45. The van der Waals surface area contributed by atoms with Gasteiger partial charge in [0.1, 0.15) is 11.3 Å². The molecule has 8 nitrogen and oxygen atoms in total. The minimum atomic E-state index is -1.04. The molecule has 0 saturated carbocycles. The van der Waals surface area contributed by atoms with Gasteiger partial charge in [-0.1, -0.05) is 0 Å². The van der Waals surface area contributed by atoms with Crippen molar-refractivity contribution in [2.24, 2.45) is 0 Å². The van der Waals surface area contributed by atoms with E-state index < -0.39 is 5.97 Å². The number of aromatic carboxylic acids is 1. The number of nitrogens with zero attached hydrogens (tertiary/aromatic N) is 3. The Morgan fingerprint density at radius 2 is 2.11 bits per heavy atom. The molecule has 0 radical (unpaired) electrons. The summed E-state index contributed by atoms with van der Waals surface area (Å²) in [5.41, 5.74) is 4.67. The van der Waals surface area contributed by atoms with Crippen LogP contribution in [0, 0.1) is 13.8 Å². The summed E-state index contributed by atoms with van der Waals surface area (Å²) in [5.74, 6) is -0.206. The summed E-state index contributed by atoms with van der Waals surface area (Å²) in [4.78, 5) is 20.3. The molecule has 0 saturated heterocycles. The van der Waals surface area contributed by atoms with Gasteiger partial charge in [0, 0.05) is 24.0 Å². The minimum absolute atomic E-state index is 0.110. The number of hydrogen-bond donors (Lipinski definition) is 3. The molecule has 2 aromatic heterocycles. The van der Waals surface area contributed by atoms with E-state index in [-0.39, 0.29) is 5.56 Å². The van der Waals surface area contributed by atoms with E-state index in [0.717, 1.165) is 17.8 Å². The molecular weight excluding hydrogens is 358 g/mol. The number of anilines is 1. The third-order valence-corrected chi connectivity index (χ3v) is 4.40. The molecule has 0 fully saturated rings. The van der Waals surface area contributed by atoms with Crippen molar-refractivity contribution in [1.82, 2.24) is 20.2 Å². The van der Waals surface area contributed by atoms with Crippen LogP contribution in [0.3, 0.4) is 0 Å². The van der Waals surface area contributed by atoms with Crippen molar-refractivity contribution in [2.45, 2.75) is 27.2 Å². The van der Waals surface area contributed by atoms with Gasteiger partial charge in [-0.25, -0.2) is 14.8 Å². The molecule has 3 rings (SSSR count). The average molecular weight is 381 g/mol. The molecule has 0 amide bonds. The van der Waals surface area contributed by atoms with E-state index >= 15 is 0 Å². The van der Waals surface area contributed by atoms with Gasteiger partial charge in [-0.15, -0.1) is 0 Å².